The SMILES string of the molecule is O=C(OCC1OC(Oc2ccc(O)cc2)=CC(O)C1O)c1cc(O)c(O)c(O)c1. The summed E-state index contributed by atoms with van der Waals surface area (Å²) in [4.78, 5) is 12.1. The summed E-state index contributed by atoms with van der Waals surface area (Å²) >= 11 is 0. The van der Waals surface area contributed by atoms with Gasteiger partial charge in [0.25, 0.3) is 5.95 Å². The Balaban J connectivity index is 1.65. The van der Waals surface area contributed by atoms with Crippen molar-refractivity contribution in [3.8, 4) is 28.7 Å². The first-order valence-electron chi connectivity index (χ1n) is 8.38. The standard InChI is InChI=1S/C19H18O10/c20-10-1-3-11(4-2-10)28-16-7-14(23)18(25)15(29-16)8-27-19(26)9-5-12(21)17(24)13(22)6-9/h1-7,14-15,18,20-25H,8H2. The first-order valence-corrected chi connectivity index (χ1v) is 8.38. The van der Waals surface area contributed by atoms with Crippen molar-refractivity contribution in [1.29, 1.82) is 0 Å². The van der Waals surface area contributed by atoms with Gasteiger partial charge in [0.15, 0.2) is 23.4 Å². The minimum Gasteiger partial charge on any atom is -0.508 e. The summed E-state index contributed by atoms with van der Waals surface area (Å²) in [5.41, 5.74) is -0.250. The lowest BCUT2D eigenvalue weighted by atomic mass is 10.1. The second-order valence-corrected chi connectivity index (χ2v) is 6.18. The number of carbonyl (C=O) groups is 1. The molecule has 0 aromatic heterocycles. The van der Waals surface area contributed by atoms with Gasteiger partial charge in [-0.15, -0.1) is 0 Å². The zero-order chi connectivity index (χ0) is 21.1. The molecule has 0 spiro atoms. The van der Waals surface area contributed by atoms with Crippen LogP contribution in [0.15, 0.2) is 48.4 Å². The topological polar surface area (TPSA) is 166 Å². The van der Waals surface area contributed by atoms with Crippen LogP contribution >= 0.6 is 0 Å². The van der Waals surface area contributed by atoms with Gasteiger partial charge in [-0.3, -0.25) is 0 Å². The van der Waals surface area contributed by atoms with Crippen LogP contribution in [-0.4, -0.2) is 61.5 Å². The average Bonchev–Trinajstić information content (AvgIpc) is 2.68. The predicted octanol–water partition coefficient (Wildman–Crippen LogP) is 0.707. The first-order chi connectivity index (χ1) is 13.7. The summed E-state index contributed by atoms with van der Waals surface area (Å²) in [6, 6.07) is 7.45. The molecule has 0 fully saturated rings. The summed E-state index contributed by atoms with van der Waals surface area (Å²) in [6.45, 7) is -0.490. The molecular weight excluding hydrogens is 388 g/mol. The van der Waals surface area contributed by atoms with Gasteiger partial charge in [-0.1, -0.05) is 0 Å². The van der Waals surface area contributed by atoms with E-state index in [0.717, 1.165) is 18.2 Å². The van der Waals surface area contributed by atoms with Gasteiger partial charge in [0.1, 0.15) is 30.3 Å². The minimum absolute atomic E-state index is 0.0300. The number of esters is 1. The number of aliphatic hydroxyl groups excluding tert-OH is 2. The number of hydrogen-bond acceptors (Lipinski definition) is 10. The van der Waals surface area contributed by atoms with Crippen molar-refractivity contribution in [2.75, 3.05) is 6.61 Å². The van der Waals surface area contributed by atoms with Gasteiger partial charge in [-0.2, -0.15) is 0 Å². The number of benzene rings is 2. The zero-order valence-corrected chi connectivity index (χ0v) is 14.8. The average molecular weight is 406 g/mol. The van der Waals surface area contributed by atoms with Crippen molar-refractivity contribution in [1.82, 2.24) is 0 Å². The van der Waals surface area contributed by atoms with E-state index >= 15 is 0 Å². The Morgan fingerprint density at radius 2 is 1.62 bits per heavy atom. The number of carbonyl (C=O) groups excluding carboxylic acids is 1. The summed E-state index contributed by atoms with van der Waals surface area (Å²) in [5, 5.41) is 57.5. The third-order valence-corrected chi connectivity index (χ3v) is 4.04. The Hall–Kier alpha value is -3.63. The number of ether oxygens (including phenoxy) is 3. The summed E-state index contributed by atoms with van der Waals surface area (Å²) in [5.74, 6) is -3.00. The van der Waals surface area contributed by atoms with E-state index in [-0.39, 0.29) is 17.3 Å². The Kier molecular flexibility index (Phi) is 5.66. The van der Waals surface area contributed by atoms with Crippen molar-refractivity contribution in [2.45, 2.75) is 18.3 Å². The molecule has 3 unspecified atom stereocenters. The Morgan fingerprint density at radius 1 is 1.00 bits per heavy atom. The molecule has 6 N–H and O–H groups in total. The van der Waals surface area contributed by atoms with Gasteiger partial charge in [0.05, 0.1) is 5.56 Å². The molecular formula is C19H18O10. The monoisotopic (exact) mass is 406 g/mol. The number of rotatable bonds is 5. The molecule has 2 aromatic carbocycles. The van der Waals surface area contributed by atoms with Crippen molar-refractivity contribution in [3.63, 3.8) is 0 Å². The van der Waals surface area contributed by atoms with Crippen LogP contribution in [0.5, 0.6) is 28.7 Å². The van der Waals surface area contributed by atoms with Gasteiger partial charge in [0.2, 0.25) is 0 Å². The maximum absolute atomic E-state index is 12.1. The summed E-state index contributed by atoms with van der Waals surface area (Å²) in [7, 11) is 0. The van der Waals surface area contributed by atoms with E-state index in [1.807, 2.05) is 0 Å². The Labute approximate surface area is 164 Å². The fourth-order valence-electron chi connectivity index (χ4n) is 2.50. The number of aromatic hydroxyl groups is 4. The smallest absolute Gasteiger partial charge is 0.338 e. The maximum atomic E-state index is 12.1. The molecule has 0 saturated carbocycles. The number of phenols is 4. The third-order valence-electron chi connectivity index (χ3n) is 4.04. The summed E-state index contributed by atoms with van der Waals surface area (Å²) < 4.78 is 15.8. The van der Waals surface area contributed by atoms with Crippen LogP contribution in [0, 0.1) is 0 Å². The van der Waals surface area contributed by atoms with E-state index in [0.29, 0.717) is 5.75 Å². The summed E-state index contributed by atoms with van der Waals surface area (Å²) in [6.07, 6.45) is -2.82. The molecule has 29 heavy (non-hydrogen) atoms. The van der Waals surface area contributed by atoms with E-state index in [4.69, 9.17) is 14.2 Å². The van der Waals surface area contributed by atoms with E-state index in [2.05, 4.69) is 0 Å². The highest BCUT2D eigenvalue weighted by Gasteiger charge is 2.34. The van der Waals surface area contributed by atoms with Crippen LogP contribution < -0.4 is 4.74 Å². The van der Waals surface area contributed by atoms with Crippen molar-refractivity contribution >= 4 is 5.97 Å². The molecule has 0 bridgehead atoms. The van der Waals surface area contributed by atoms with Crippen LogP contribution in [0.2, 0.25) is 0 Å². The van der Waals surface area contributed by atoms with Crippen LogP contribution in [0.1, 0.15) is 10.4 Å². The lowest BCUT2D eigenvalue weighted by Gasteiger charge is -2.31. The van der Waals surface area contributed by atoms with Crippen LogP contribution in [0.4, 0.5) is 0 Å². The largest absolute Gasteiger partial charge is 0.508 e. The Morgan fingerprint density at radius 3 is 2.24 bits per heavy atom. The van der Waals surface area contributed by atoms with Crippen molar-refractivity contribution in [2.24, 2.45) is 0 Å². The minimum atomic E-state index is -1.42. The van der Waals surface area contributed by atoms with Gasteiger partial charge in [-0.05, 0) is 36.4 Å². The van der Waals surface area contributed by atoms with E-state index in [1.54, 1.807) is 0 Å². The third kappa shape index (κ3) is 4.62. The van der Waals surface area contributed by atoms with Crippen LogP contribution in [-0.2, 0) is 9.47 Å². The fraction of sp³-hybridized carbons (Fsp3) is 0.211. The first kappa shape index (κ1) is 20.1. The highest BCUT2D eigenvalue weighted by atomic mass is 16.7. The van der Waals surface area contributed by atoms with Crippen LogP contribution in [0.25, 0.3) is 0 Å². The highest BCUT2D eigenvalue weighted by molar-refractivity contribution is 5.91. The van der Waals surface area contributed by atoms with Gasteiger partial charge in [0, 0.05) is 6.08 Å². The molecule has 154 valence electrons. The molecule has 0 amide bonds. The molecule has 2 aromatic rings. The molecule has 10 nitrogen and oxygen atoms in total. The normalized spacial score (nSPS) is 21.0. The van der Waals surface area contributed by atoms with Gasteiger partial charge >= 0.3 is 5.97 Å². The zero-order valence-electron chi connectivity index (χ0n) is 14.8. The number of aliphatic hydroxyl groups is 2. The molecule has 1 aliphatic heterocycles. The molecule has 0 radical (unpaired) electrons. The quantitative estimate of drug-likeness (QED) is 0.307. The fourth-order valence-corrected chi connectivity index (χ4v) is 2.50. The van der Waals surface area contributed by atoms with Crippen molar-refractivity contribution in [3.05, 3.63) is 54.0 Å². The second-order valence-electron chi connectivity index (χ2n) is 6.18. The molecule has 3 rings (SSSR count). The molecule has 10 heteroatoms. The van der Waals surface area contributed by atoms with Gasteiger partial charge in [-0.25, -0.2) is 4.79 Å². The Bertz CT molecular complexity index is 898. The molecule has 1 aliphatic rings. The van der Waals surface area contributed by atoms with Crippen LogP contribution in [0.3, 0.4) is 0 Å². The van der Waals surface area contributed by atoms with E-state index in [1.165, 1.54) is 24.3 Å². The molecule has 0 aliphatic carbocycles. The molecule has 0 saturated heterocycles. The number of phenolic OH excluding ortho intramolecular Hbond substituents is 4. The lowest BCUT2D eigenvalue weighted by molar-refractivity contribution is -0.115. The second kappa shape index (κ2) is 8.17. The molecule has 1 heterocycles. The van der Waals surface area contributed by atoms with E-state index in [9.17, 15) is 35.4 Å². The lowest BCUT2D eigenvalue weighted by Crippen LogP contribution is -2.45. The highest BCUT2D eigenvalue weighted by Crippen LogP contribution is 2.35. The van der Waals surface area contributed by atoms with E-state index < -0.39 is 48.1 Å². The molecule has 3 atom stereocenters. The van der Waals surface area contributed by atoms with Crippen molar-refractivity contribution < 1.29 is 49.6 Å². The predicted molar refractivity (Wildman–Crippen MR) is 95.4 cm³/mol. The number of hydrogen-bond donors (Lipinski definition) is 6. The van der Waals surface area contributed by atoms with Gasteiger partial charge < -0.3 is 44.8 Å². The maximum Gasteiger partial charge on any atom is 0.338 e.